The number of hydrogen-bond acceptors (Lipinski definition) is 8. The van der Waals surface area contributed by atoms with E-state index in [-0.39, 0.29) is 5.56 Å². The van der Waals surface area contributed by atoms with Gasteiger partial charge < -0.3 is 10.2 Å². The van der Waals surface area contributed by atoms with Gasteiger partial charge in [-0.3, -0.25) is 0 Å². The van der Waals surface area contributed by atoms with Gasteiger partial charge in [0, 0.05) is 24.3 Å². The molecule has 0 amide bonds. The van der Waals surface area contributed by atoms with Crippen LogP contribution in [0.4, 0.5) is 18.9 Å². The van der Waals surface area contributed by atoms with Crippen molar-refractivity contribution in [3.05, 3.63) is 23.3 Å². The van der Waals surface area contributed by atoms with E-state index >= 15 is 0 Å². The van der Waals surface area contributed by atoms with Crippen LogP contribution in [0.25, 0.3) is 0 Å². The normalized spacial score (nSPS) is 22.9. The molecule has 0 unspecified atom stereocenters. The predicted octanol–water partition coefficient (Wildman–Crippen LogP) is 0.684. The lowest BCUT2D eigenvalue weighted by atomic mass is 9.79. The molecule has 3 heterocycles. The standard InChI is InChI=1S/C18H28F3N7O2S/c19-18(20,21)13-1-2-14(15(16(13)31(22,29)30)17-24-26-27-25-17)28-9-5-12(6-10-28)11-3-7-23-8-4-11/h1-2,11-12,17,23-27H,3-10H2,(H2,22,29,30). The smallest absolute Gasteiger partial charge is 0.371 e. The molecule has 0 radical (unpaired) electrons. The topological polar surface area (TPSA) is 124 Å². The number of benzene rings is 1. The summed E-state index contributed by atoms with van der Waals surface area (Å²) in [6.07, 6.45) is -1.68. The maximum atomic E-state index is 13.7. The first-order valence-corrected chi connectivity index (χ1v) is 11.9. The van der Waals surface area contributed by atoms with Gasteiger partial charge in [0.05, 0.1) is 5.56 Å². The zero-order valence-electron chi connectivity index (χ0n) is 16.9. The number of primary sulfonamides is 1. The van der Waals surface area contributed by atoms with E-state index in [0.717, 1.165) is 44.8 Å². The van der Waals surface area contributed by atoms with E-state index in [1.54, 1.807) is 0 Å². The lowest BCUT2D eigenvalue weighted by Crippen LogP contribution is -2.41. The Kier molecular flexibility index (Phi) is 6.45. The van der Waals surface area contributed by atoms with Gasteiger partial charge in [-0.05, 0) is 62.7 Å². The second kappa shape index (κ2) is 8.81. The van der Waals surface area contributed by atoms with Crippen molar-refractivity contribution in [1.29, 1.82) is 0 Å². The van der Waals surface area contributed by atoms with E-state index in [4.69, 9.17) is 5.14 Å². The second-order valence-electron chi connectivity index (χ2n) is 8.30. The van der Waals surface area contributed by atoms with E-state index < -0.39 is 32.8 Å². The SMILES string of the molecule is NS(=O)(=O)c1c(C(F)(F)F)ccc(N2CCC(C3CCNCC3)CC2)c1C1NNNN1. The van der Waals surface area contributed by atoms with Gasteiger partial charge in [0.15, 0.2) is 0 Å². The average Bonchev–Trinajstić information content (AvgIpc) is 3.27. The number of anilines is 1. The quantitative estimate of drug-likeness (QED) is 0.386. The van der Waals surface area contributed by atoms with Crippen molar-refractivity contribution in [2.45, 2.75) is 42.9 Å². The third-order valence-corrected chi connectivity index (χ3v) is 7.49. The zero-order chi connectivity index (χ0) is 22.2. The van der Waals surface area contributed by atoms with Crippen molar-refractivity contribution < 1.29 is 21.6 Å². The molecule has 0 saturated carbocycles. The fourth-order valence-electron chi connectivity index (χ4n) is 5.00. The van der Waals surface area contributed by atoms with Gasteiger partial charge in [-0.1, -0.05) is 0 Å². The van der Waals surface area contributed by atoms with Crippen LogP contribution in [-0.4, -0.2) is 34.6 Å². The van der Waals surface area contributed by atoms with Crippen LogP contribution >= 0.6 is 0 Å². The minimum Gasteiger partial charge on any atom is -0.371 e. The van der Waals surface area contributed by atoms with Crippen LogP contribution < -0.4 is 37.3 Å². The van der Waals surface area contributed by atoms with Gasteiger partial charge in [0.25, 0.3) is 0 Å². The van der Waals surface area contributed by atoms with Gasteiger partial charge >= 0.3 is 6.18 Å². The van der Waals surface area contributed by atoms with Gasteiger partial charge in [-0.15, -0.1) is 0 Å². The molecule has 0 atom stereocenters. The number of hydrazine groups is 3. The highest BCUT2D eigenvalue weighted by molar-refractivity contribution is 7.89. The molecule has 9 nitrogen and oxygen atoms in total. The minimum absolute atomic E-state index is 0.0462. The summed E-state index contributed by atoms with van der Waals surface area (Å²) in [6, 6.07) is 2.16. The minimum atomic E-state index is -4.86. The Hall–Kier alpha value is -1.48. The van der Waals surface area contributed by atoms with Crippen LogP contribution in [0.15, 0.2) is 17.0 Å². The van der Waals surface area contributed by atoms with Crippen LogP contribution in [0.2, 0.25) is 0 Å². The summed E-state index contributed by atoms with van der Waals surface area (Å²) in [5, 5.41) is 8.66. The summed E-state index contributed by atoms with van der Waals surface area (Å²) >= 11 is 0. The summed E-state index contributed by atoms with van der Waals surface area (Å²) < 4.78 is 65.7. The van der Waals surface area contributed by atoms with Gasteiger partial charge in [0.2, 0.25) is 10.0 Å². The predicted molar refractivity (Wildman–Crippen MR) is 109 cm³/mol. The molecule has 0 aliphatic carbocycles. The first kappa shape index (κ1) is 22.7. The van der Waals surface area contributed by atoms with E-state index in [0.29, 0.717) is 30.6 Å². The Morgan fingerprint density at radius 2 is 1.55 bits per heavy atom. The number of nitrogens with two attached hydrogens (primary N) is 1. The Balaban J connectivity index is 1.69. The largest absolute Gasteiger partial charge is 0.417 e. The highest BCUT2D eigenvalue weighted by atomic mass is 32.2. The summed E-state index contributed by atoms with van der Waals surface area (Å²) in [4.78, 5) is 1.05. The Morgan fingerprint density at radius 3 is 2.10 bits per heavy atom. The van der Waals surface area contributed by atoms with E-state index in [1.165, 1.54) is 6.07 Å². The van der Waals surface area contributed by atoms with Crippen LogP contribution in [0.3, 0.4) is 0 Å². The molecule has 31 heavy (non-hydrogen) atoms. The molecule has 7 N–H and O–H groups in total. The first-order chi connectivity index (χ1) is 14.7. The lowest BCUT2D eigenvalue weighted by molar-refractivity contribution is -0.140. The fourth-order valence-corrected chi connectivity index (χ4v) is 6.02. The number of nitrogens with one attached hydrogen (secondary N) is 5. The lowest BCUT2D eigenvalue weighted by Gasteiger charge is -2.40. The molecule has 174 valence electrons. The Morgan fingerprint density at radius 1 is 0.968 bits per heavy atom. The highest BCUT2D eigenvalue weighted by Gasteiger charge is 2.41. The van der Waals surface area contributed by atoms with Crippen molar-refractivity contribution in [1.82, 2.24) is 27.2 Å². The number of sulfonamides is 1. The maximum Gasteiger partial charge on any atom is 0.417 e. The number of alkyl halides is 3. The number of rotatable bonds is 4. The summed E-state index contributed by atoms with van der Waals surface area (Å²) in [6.45, 7) is 3.32. The van der Waals surface area contributed by atoms with Gasteiger partial charge in [-0.2, -0.15) is 24.2 Å². The fraction of sp³-hybridized carbons (Fsp3) is 0.667. The Bertz CT molecular complexity index is 892. The van der Waals surface area contributed by atoms with Crippen LogP contribution in [0.1, 0.15) is 43.0 Å². The molecule has 0 bridgehead atoms. The molecule has 1 aromatic rings. The molecule has 3 saturated heterocycles. The van der Waals surface area contributed by atoms with E-state index in [1.807, 2.05) is 4.90 Å². The zero-order valence-corrected chi connectivity index (χ0v) is 17.7. The first-order valence-electron chi connectivity index (χ1n) is 10.4. The monoisotopic (exact) mass is 463 g/mol. The maximum absolute atomic E-state index is 13.7. The van der Waals surface area contributed by atoms with E-state index in [9.17, 15) is 21.6 Å². The molecule has 3 aliphatic rings. The molecular weight excluding hydrogens is 435 g/mol. The van der Waals surface area contributed by atoms with Crippen molar-refractivity contribution in [2.24, 2.45) is 17.0 Å². The third kappa shape index (κ3) is 4.82. The van der Waals surface area contributed by atoms with Gasteiger partial charge in [0.1, 0.15) is 11.1 Å². The number of halogens is 3. The van der Waals surface area contributed by atoms with E-state index in [2.05, 4.69) is 27.2 Å². The summed E-state index contributed by atoms with van der Waals surface area (Å²) in [5.74, 6) is 1.22. The number of piperidine rings is 2. The number of nitrogens with zero attached hydrogens (tertiary/aromatic N) is 1. The summed E-state index contributed by atoms with van der Waals surface area (Å²) in [7, 11) is -4.66. The van der Waals surface area contributed by atoms with Crippen molar-refractivity contribution in [3.8, 4) is 0 Å². The highest BCUT2D eigenvalue weighted by Crippen LogP contribution is 2.42. The molecular formula is C18H28F3N7O2S. The van der Waals surface area contributed by atoms with Crippen LogP contribution in [0.5, 0.6) is 0 Å². The van der Waals surface area contributed by atoms with Gasteiger partial charge in [-0.25, -0.2) is 24.4 Å². The number of hydrogen-bond donors (Lipinski definition) is 6. The van der Waals surface area contributed by atoms with Crippen molar-refractivity contribution in [2.75, 3.05) is 31.1 Å². The third-order valence-electron chi connectivity index (χ3n) is 6.48. The molecule has 0 aromatic heterocycles. The molecule has 13 heteroatoms. The molecule has 3 fully saturated rings. The average molecular weight is 464 g/mol. The summed E-state index contributed by atoms with van der Waals surface area (Å²) in [5.41, 5.74) is 9.60. The van der Waals surface area contributed by atoms with Crippen LogP contribution in [0, 0.1) is 11.8 Å². The second-order valence-corrected chi connectivity index (χ2v) is 9.80. The van der Waals surface area contributed by atoms with Crippen LogP contribution in [-0.2, 0) is 16.2 Å². The van der Waals surface area contributed by atoms with Crippen molar-refractivity contribution >= 4 is 15.7 Å². The molecule has 1 aromatic carbocycles. The molecule has 3 aliphatic heterocycles. The molecule has 0 spiro atoms. The Labute approximate surface area is 179 Å². The molecule has 4 rings (SSSR count). The van der Waals surface area contributed by atoms with Crippen molar-refractivity contribution in [3.63, 3.8) is 0 Å².